The minimum Gasteiger partial charge on any atom is -0.481 e. The number of carboxylic acids is 1. The Labute approximate surface area is 115 Å². The summed E-state index contributed by atoms with van der Waals surface area (Å²) in [6.07, 6.45) is 4.69. The first kappa shape index (κ1) is 14.4. The molecular weight excluding hydrogens is 240 g/mol. The first-order valence-electron chi connectivity index (χ1n) is 7.30. The zero-order chi connectivity index (χ0) is 14.0. The lowest BCUT2D eigenvalue weighted by Crippen LogP contribution is -2.39. The number of rotatable bonds is 3. The van der Waals surface area contributed by atoms with Crippen LogP contribution in [0.2, 0.25) is 0 Å². The zero-order valence-electron chi connectivity index (χ0n) is 12.1. The van der Waals surface area contributed by atoms with Crippen molar-refractivity contribution >= 4 is 5.97 Å². The van der Waals surface area contributed by atoms with Crippen molar-refractivity contribution in [3.05, 3.63) is 11.3 Å². The number of nitrogens with zero attached hydrogens (tertiary/aromatic N) is 1. The smallest absolute Gasteiger partial charge is 0.309 e. The SMILES string of the molecule is CC1=C(N)CCN(CC2CCC(C)(C(=O)O)CC2)C1. The molecule has 0 saturated heterocycles. The van der Waals surface area contributed by atoms with Gasteiger partial charge in [-0.05, 0) is 57.4 Å². The van der Waals surface area contributed by atoms with Gasteiger partial charge in [-0.1, -0.05) is 0 Å². The van der Waals surface area contributed by atoms with E-state index in [1.165, 1.54) is 5.57 Å². The predicted octanol–water partition coefficient (Wildman–Crippen LogP) is 2.21. The average Bonchev–Trinajstić information content (AvgIpc) is 2.37. The summed E-state index contributed by atoms with van der Waals surface area (Å²) in [4.78, 5) is 13.7. The lowest BCUT2D eigenvalue weighted by molar-refractivity contribution is -0.150. The molecule has 0 unspecified atom stereocenters. The van der Waals surface area contributed by atoms with Crippen molar-refractivity contribution < 1.29 is 9.90 Å². The molecule has 0 spiro atoms. The number of hydrogen-bond acceptors (Lipinski definition) is 3. The van der Waals surface area contributed by atoms with Gasteiger partial charge in [0.15, 0.2) is 0 Å². The van der Waals surface area contributed by atoms with E-state index >= 15 is 0 Å². The molecule has 0 radical (unpaired) electrons. The molecule has 1 heterocycles. The van der Waals surface area contributed by atoms with Crippen molar-refractivity contribution in [3.8, 4) is 0 Å². The van der Waals surface area contributed by atoms with Gasteiger partial charge in [-0.2, -0.15) is 0 Å². The Morgan fingerprint density at radius 3 is 2.63 bits per heavy atom. The maximum Gasteiger partial charge on any atom is 0.309 e. The largest absolute Gasteiger partial charge is 0.481 e. The van der Waals surface area contributed by atoms with E-state index in [0.29, 0.717) is 5.92 Å². The van der Waals surface area contributed by atoms with Crippen LogP contribution in [0, 0.1) is 11.3 Å². The highest BCUT2D eigenvalue weighted by atomic mass is 16.4. The number of carboxylic acid groups (broad SMARTS) is 1. The molecule has 1 saturated carbocycles. The van der Waals surface area contributed by atoms with Gasteiger partial charge in [0, 0.05) is 25.3 Å². The maximum atomic E-state index is 11.2. The Morgan fingerprint density at radius 2 is 2.11 bits per heavy atom. The number of nitrogens with two attached hydrogens (primary N) is 1. The van der Waals surface area contributed by atoms with Crippen molar-refractivity contribution in [2.45, 2.75) is 46.0 Å². The normalized spacial score (nSPS) is 33.5. The Bertz CT molecular complexity index is 382. The van der Waals surface area contributed by atoms with Crippen LogP contribution in [0.1, 0.15) is 46.0 Å². The summed E-state index contributed by atoms with van der Waals surface area (Å²) >= 11 is 0. The molecule has 3 N–H and O–H groups in total. The van der Waals surface area contributed by atoms with Crippen LogP contribution >= 0.6 is 0 Å². The molecule has 4 nitrogen and oxygen atoms in total. The van der Waals surface area contributed by atoms with Gasteiger partial charge >= 0.3 is 5.97 Å². The topological polar surface area (TPSA) is 66.6 Å². The minimum atomic E-state index is -0.629. The van der Waals surface area contributed by atoms with E-state index in [1.54, 1.807) is 0 Å². The van der Waals surface area contributed by atoms with E-state index in [2.05, 4.69) is 11.8 Å². The van der Waals surface area contributed by atoms with Crippen LogP contribution in [-0.4, -0.2) is 35.6 Å². The summed E-state index contributed by atoms with van der Waals surface area (Å²) in [5.74, 6) is 0.0232. The molecule has 0 aromatic carbocycles. The van der Waals surface area contributed by atoms with Crippen LogP contribution in [0.5, 0.6) is 0 Å². The highest BCUT2D eigenvalue weighted by Crippen LogP contribution is 2.39. The predicted molar refractivity (Wildman–Crippen MR) is 75.6 cm³/mol. The van der Waals surface area contributed by atoms with E-state index in [4.69, 9.17) is 5.73 Å². The van der Waals surface area contributed by atoms with Gasteiger partial charge in [0.2, 0.25) is 0 Å². The molecule has 1 fully saturated rings. The van der Waals surface area contributed by atoms with Crippen molar-refractivity contribution in [2.24, 2.45) is 17.1 Å². The zero-order valence-corrected chi connectivity index (χ0v) is 12.1. The fourth-order valence-electron chi connectivity index (χ4n) is 3.24. The summed E-state index contributed by atoms with van der Waals surface area (Å²) in [6.45, 7) is 7.14. The first-order valence-corrected chi connectivity index (χ1v) is 7.30. The van der Waals surface area contributed by atoms with Crippen LogP contribution in [-0.2, 0) is 4.79 Å². The lowest BCUT2D eigenvalue weighted by atomic mass is 9.71. The molecule has 4 heteroatoms. The van der Waals surface area contributed by atoms with Gasteiger partial charge in [-0.15, -0.1) is 0 Å². The number of hydrogen-bond donors (Lipinski definition) is 2. The van der Waals surface area contributed by atoms with Gasteiger partial charge in [0.25, 0.3) is 0 Å². The number of aliphatic carboxylic acids is 1. The Hall–Kier alpha value is -1.03. The van der Waals surface area contributed by atoms with E-state index in [9.17, 15) is 9.90 Å². The molecule has 1 aliphatic heterocycles. The monoisotopic (exact) mass is 266 g/mol. The van der Waals surface area contributed by atoms with Crippen LogP contribution in [0.25, 0.3) is 0 Å². The maximum absolute atomic E-state index is 11.2. The third-order valence-electron chi connectivity index (χ3n) is 4.95. The third-order valence-corrected chi connectivity index (χ3v) is 4.95. The highest BCUT2D eigenvalue weighted by molar-refractivity contribution is 5.74. The second kappa shape index (κ2) is 5.53. The summed E-state index contributed by atoms with van der Waals surface area (Å²) < 4.78 is 0. The Morgan fingerprint density at radius 1 is 1.47 bits per heavy atom. The van der Waals surface area contributed by atoms with Gasteiger partial charge in [-0.3, -0.25) is 9.69 Å². The molecule has 108 valence electrons. The Balaban J connectivity index is 1.82. The second-order valence-electron chi connectivity index (χ2n) is 6.60. The van der Waals surface area contributed by atoms with E-state index in [1.807, 2.05) is 6.92 Å². The summed E-state index contributed by atoms with van der Waals surface area (Å²) in [7, 11) is 0. The molecular formula is C15H26N2O2. The fraction of sp³-hybridized carbons (Fsp3) is 0.800. The van der Waals surface area contributed by atoms with Crippen LogP contribution in [0.15, 0.2) is 11.3 Å². The van der Waals surface area contributed by atoms with E-state index in [0.717, 1.165) is 57.4 Å². The average molecular weight is 266 g/mol. The van der Waals surface area contributed by atoms with Crippen molar-refractivity contribution in [2.75, 3.05) is 19.6 Å². The van der Waals surface area contributed by atoms with Crippen molar-refractivity contribution in [1.29, 1.82) is 0 Å². The quantitative estimate of drug-likeness (QED) is 0.822. The molecule has 0 bridgehead atoms. The molecule has 0 atom stereocenters. The van der Waals surface area contributed by atoms with Gasteiger partial charge < -0.3 is 10.8 Å². The summed E-state index contributed by atoms with van der Waals surface area (Å²) in [5, 5.41) is 9.24. The van der Waals surface area contributed by atoms with Crippen LogP contribution in [0.3, 0.4) is 0 Å². The molecule has 1 aliphatic carbocycles. The second-order valence-corrected chi connectivity index (χ2v) is 6.60. The fourth-order valence-corrected chi connectivity index (χ4v) is 3.24. The van der Waals surface area contributed by atoms with Crippen LogP contribution in [0.4, 0.5) is 0 Å². The standard InChI is InChI=1S/C15H26N2O2/c1-11-9-17(8-5-13(11)16)10-12-3-6-15(2,7-4-12)14(18)19/h12H,3-10,16H2,1-2H3,(H,18,19). The van der Waals surface area contributed by atoms with Gasteiger partial charge in [0.05, 0.1) is 5.41 Å². The summed E-state index contributed by atoms with van der Waals surface area (Å²) in [5.41, 5.74) is 7.80. The Kier molecular flexibility index (Phi) is 4.19. The van der Waals surface area contributed by atoms with Crippen LogP contribution < -0.4 is 5.73 Å². The molecule has 2 aliphatic rings. The van der Waals surface area contributed by atoms with E-state index < -0.39 is 11.4 Å². The van der Waals surface area contributed by atoms with Crippen molar-refractivity contribution in [1.82, 2.24) is 4.90 Å². The van der Waals surface area contributed by atoms with Crippen molar-refractivity contribution in [3.63, 3.8) is 0 Å². The molecule has 0 aromatic heterocycles. The third kappa shape index (κ3) is 3.30. The highest BCUT2D eigenvalue weighted by Gasteiger charge is 2.37. The van der Waals surface area contributed by atoms with Gasteiger partial charge in [0.1, 0.15) is 0 Å². The molecule has 0 aromatic rings. The van der Waals surface area contributed by atoms with Gasteiger partial charge in [-0.25, -0.2) is 0 Å². The minimum absolute atomic E-state index is 0.487. The lowest BCUT2D eigenvalue weighted by Gasteiger charge is -2.37. The molecule has 0 amide bonds. The summed E-state index contributed by atoms with van der Waals surface area (Å²) in [6, 6.07) is 0. The number of carbonyl (C=O) groups is 1. The molecule has 2 rings (SSSR count). The molecule has 19 heavy (non-hydrogen) atoms. The first-order chi connectivity index (χ1) is 8.90. The van der Waals surface area contributed by atoms with E-state index in [-0.39, 0.29) is 0 Å².